The molecule has 3 aromatic rings. The number of nitrogens with zero attached hydrogens (tertiary/aromatic N) is 4. The Kier molecular flexibility index (Phi) is 1.25. The van der Waals surface area contributed by atoms with Crippen LogP contribution in [0, 0.1) is 0 Å². The molecule has 0 bridgehead atoms. The van der Waals surface area contributed by atoms with Gasteiger partial charge in [-0.15, -0.1) is 0 Å². The first kappa shape index (κ1) is 7.25. The topological polar surface area (TPSA) is 69.1 Å². The van der Waals surface area contributed by atoms with Gasteiger partial charge in [-0.05, 0) is 6.07 Å². The highest BCUT2D eigenvalue weighted by Gasteiger charge is 2.04. The van der Waals surface area contributed by atoms with Gasteiger partial charge in [-0.1, -0.05) is 0 Å². The molecule has 5 heteroatoms. The van der Waals surface area contributed by atoms with Crippen molar-refractivity contribution in [3.05, 3.63) is 30.9 Å². The molecule has 0 aliphatic heterocycles. The van der Waals surface area contributed by atoms with Crippen molar-refractivity contribution in [1.82, 2.24) is 19.4 Å². The van der Waals surface area contributed by atoms with E-state index in [1.807, 2.05) is 12.3 Å². The summed E-state index contributed by atoms with van der Waals surface area (Å²) in [4.78, 5) is 12.5. The molecule has 0 aromatic carbocycles. The van der Waals surface area contributed by atoms with E-state index < -0.39 is 0 Å². The van der Waals surface area contributed by atoms with Crippen LogP contribution in [0.15, 0.2) is 30.9 Å². The van der Waals surface area contributed by atoms with E-state index >= 15 is 0 Å². The van der Waals surface area contributed by atoms with E-state index in [-0.39, 0.29) is 0 Å². The average molecular weight is 185 g/mol. The molecule has 0 saturated carbocycles. The Bertz CT molecular complexity index is 613. The minimum absolute atomic E-state index is 0.465. The van der Waals surface area contributed by atoms with Crippen LogP contribution in [0.4, 0.5) is 5.95 Å². The van der Waals surface area contributed by atoms with Crippen LogP contribution in [0.2, 0.25) is 0 Å². The Hall–Kier alpha value is -2.17. The maximum absolute atomic E-state index is 5.67. The molecule has 5 nitrogen and oxygen atoms in total. The standard InChI is InChI=1S/C9H7N5/c10-9-13-5-7-8-6(1-4-14(7)9)11-2-3-12-8/h1-5H,(H2,10,13). The summed E-state index contributed by atoms with van der Waals surface area (Å²) in [5.41, 5.74) is 8.22. The molecule has 0 fully saturated rings. The van der Waals surface area contributed by atoms with Crippen LogP contribution >= 0.6 is 0 Å². The summed E-state index contributed by atoms with van der Waals surface area (Å²) in [6.45, 7) is 0. The molecule has 0 aliphatic rings. The molecular weight excluding hydrogens is 178 g/mol. The van der Waals surface area contributed by atoms with Crippen LogP contribution in [0.25, 0.3) is 16.6 Å². The number of aromatic nitrogens is 4. The smallest absolute Gasteiger partial charge is 0.204 e. The number of fused-ring (bicyclic) bond motifs is 3. The molecule has 0 aliphatic carbocycles. The summed E-state index contributed by atoms with van der Waals surface area (Å²) >= 11 is 0. The fourth-order valence-corrected chi connectivity index (χ4v) is 1.52. The summed E-state index contributed by atoms with van der Waals surface area (Å²) < 4.78 is 1.79. The first-order chi connectivity index (χ1) is 6.86. The van der Waals surface area contributed by atoms with Crippen molar-refractivity contribution >= 4 is 22.5 Å². The first-order valence-corrected chi connectivity index (χ1v) is 4.18. The highest BCUT2D eigenvalue weighted by atomic mass is 15.1. The van der Waals surface area contributed by atoms with Crippen molar-refractivity contribution in [1.29, 1.82) is 0 Å². The van der Waals surface area contributed by atoms with Gasteiger partial charge in [0.05, 0.1) is 17.2 Å². The summed E-state index contributed by atoms with van der Waals surface area (Å²) in [6.07, 6.45) is 6.87. The van der Waals surface area contributed by atoms with Gasteiger partial charge in [0, 0.05) is 18.6 Å². The third-order valence-electron chi connectivity index (χ3n) is 2.18. The second-order valence-corrected chi connectivity index (χ2v) is 2.98. The van der Waals surface area contributed by atoms with Crippen LogP contribution in [-0.2, 0) is 0 Å². The minimum Gasteiger partial charge on any atom is -0.369 e. The van der Waals surface area contributed by atoms with Crippen molar-refractivity contribution in [2.75, 3.05) is 5.73 Å². The Labute approximate surface area is 79.2 Å². The van der Waals surface area contributed by atoms with E-state index in [4.69, 9.17) is 5.73 Å². The maximum atomic E-state index is 5.67. The van der Waals surface area contributed by atoms with Gasteiger partial charge < -0.3 is 5.73 Å². The van der Waals surface area contributed by atoms with Crippen LogP contribution in [0.1, 0.15) is 0 Å². The molecule has 0 amide bonds. The van der Waals surface area contributed by atoms with Gasteiger partial charge in [0.25, 0.3) is 0 Å². The Morgan fingerprint density at radius 1 is 1.14 bits per heavy atom. The lowest BCUT2D eigenvalue weighted by Gasteiger charge is -1.98. The SMILES string of the molecule is Nc1ncc2c3nccnc3ccn12. The third kappa shape index (κ3) is 0.806. The fraction of sp³-hybridized carbons (Fsp3) is 0. The number of hydrogen-bond donors (Lipinski definition) is 1. The number of imidazole rings is 1. The summed E-state index contributed by atoms with van der Waals surface area (Å²) in [6, 6.07) is 1.87. The average Bonchev–Trinajstić information content (AvgIpc) is 2.61. The molecule has 3 heterocycles. The predicted octanol–water partition coefficient (Wildman–Crippen LogP) is 0.860. The van der Waals surface area contributed by atoms with E-state index in [0.29, 0.717) is 5.95 Å². The monoisotopic (exact) mass is 185 g/mol. The Balaban J connectivity index is 2.61. The van der Waals surface area contributed by atoms with Gasteiger partial charge in [0.2, 0.25) is 5.95 Å². The van der Waals surface area contributed by atoms with Gasteiger partial charge in [-0.25, -0.2) is 4.98 Å². The van der Waals surface area contributed by atoms with Crippen LogP contribution in [0.5, 0.6) is 0 Å². The van der Waals surface area contributed by atoms with E-state index in [2.05, 4.69) is 15.0 Å². The maximum Gasteiger partial charge on any atom is 0.204 e. The zero-order valence-electron chi connectivity index (χ0n) is 7.25. The molecule has 0 spiro atoms. The summed E-state index contributed by atoms with van der Waals surface area (Å²) in [5.74, 6) is 0.465. The molecule has 0 atom stereocenters. The number of rotatable bonds is 0. The number of nitrogens with two attached hydrogens (primary N) is 1. The van der Waals surface area contributed by atoms with Crippen molar-refractivity contribution in [3.8, 4) is 0 Å². The zero-order valence-corrected chi connectivity index (χ0v) is 7.25. The van der Waals surface area contributed by atoms with E-state index in [0.717, 1.165) is 16.6 Å². The molecule has 14 heavy (non-hydrogen) atoms. The quantitative estimate of drug-likeness (QED) is 0.564. The first-order valence-electron chi connectivity index (χ1n) is 4.18. The normalized spacial score (nSPS) is 11.1. The summed E-state index contributed by atoms with van der Waals surface area (Å²) in [7, 11) is 0. The lowest BCUT2D eigenvalue weighted by atomic mass is 10.3. The molecule has 0 radical (unpaired) electrons. The molecule has 0 saturated heterocycles. The van der Waals surface area contributed by atoms with Crippen LogP contribution in [0.3, 0.4) is 0 Å². The van der Waals surface area contributed by atoms with Gasteiger partial charge in [0.1, 0.15) is 5.52 Å². The highest BCUT2D eigenvalue weighted by Crippen LogP contribution is 2.17. The molecule has 0 unspecified atom stereocenters. The number of pyridine rings is 1. The van der Waals surface area contributed by atoms with E-state index in [1.165, 1.54) is 0 Å². The highest BCUT2D eigenvalue weighted by molar-refractivity contribution is 5.89. The lowest BCUT2D eigenvalue weighted by molar-refractivity contribution is 1.17. The molecular formula is C9H7N5. The predicted molar refractivity (Wildman–Crippen MR) is 52.7 cm³/mol. The number of anilines is 1. The van der Waals surface area contributed by atoms with Crippen LogP contribution < -0.4 is 5.73 Å². The van der Waals surface area contributed by atoms with Crippen molar-refractivity contribution in [3.63, 3.8) is 0 Å². The van der Waals surface area contributed by atoms with Gasteiger partial charge in [-0.2, -0.15) is 0 Å². The van der Waals surface area contributed by atoms with Gasteiger partial charge in [0.15, 0.2) is 0 Å². The molecule has 2 N–H and O–H groups in total. The third-order valence-corrected chi connectivity index (χ3v) is 2.18. The second kappa shape index (κ2) is 2.41. The Morgan fingerprint density at radius 3 is 2.93 bits per heavy atom. The summed E-state index contributed by atoms with van der Waals surface area (Å²) in [5, 5.41) is 0. The largest absolute Gasteiger partial charge is 0.369 e. The number of hydrogen-bond acceptors (Lipinski definition) is 4. The van der Waals surface area contributed by atoms with E-state index in [9.17, 15) is 0 Å². The van der Waals surface area contributed by atoms with Gasteiger partial charge >= 0.3 is 0 Å². The molecule has 3 rings (SSSR count). The minimum atomic E-state index is 0.465. The van der Waals surface area contributed by atoms with E-state index in [1.54, 1.807) is 23.0 Å². The van der Waals surface area contributed by atoms with Gasteiger partial charge in [-0.3, -0.25) is 14.4 Å². The molecule has 3 aromatic heterocycles. The Morgan fingerprint density at radius 2 is 2.00 bits per heavy atom. The van der Waals surface area contributed by atoms with Crippen LogP contribution in [-0.4, -0.2) is 19.4 Å². The zero-order chi connectivity index (χ0) is 9.54. The molecule has 68 valence electrons. The second-order valence-electron chi connectivity index (χ2n) is 2.98. The number of nitrogen functional groups attached to an aromatic ring is 1. The van der Waals surface area contributed by atoms with Crippen molar-refractivity contribution in [2.24, 2.45) is 0 Å². The lowest BCUT2D eigenvalue weighted by Crippen LogP contribution is -1.94. The fourth-order valence-electron chi connectivity index (χ4n) is 1.52. The van der Waals surface area contributed by atoms with Crippen molar-refractivity contribution in [2.45, 2.75) is 0 Å². The van der Waals surface area contributed by atoms with Crippen molar-refractivity contribution < 1.29 is 0 Å².